The van der Waals surface area contributed by atoms with Crippen molar-refractivity contribution in [2.45, 2.75) is 6.92 Å². The molecular weight excluding hydrogens is 256 g/mol. The van der Waals surface area contributed by atoms with Crippen LogP contribution in [0.15, 0.2) is 48.7 Å². The minimum atomic E-state index is -0.467. The predicted octanol–water partition coefficient (Wildman–Crippen LogP) is 3.12. The van der Waals surface area contributed by atoms with Gasteiger partial charge in [0.2, 0.25) is 0 Å². The largest absolute Gasteiger partial charge is 0.294 e. The van der Waals surface area contributed by atoms with E-state index in [1.165, 1.54) is 19.1 Å². The van der Waals surface area contributed by atoms with Crippen LogP contribution < -0.4 is 0 Å². The van der Waals surface area contributed by atoms with Crippen LogP contribution in [0.1, 0.15) is 18.2 Å². The Morgan fingerprint density at radius 2 is 2.05 bits per heavy atom. The van der Waals surface area contributed by atoms with Crippen LogP contribution in [0.25, 0.3) is 11.6 Å². The van der Waals surface area contributed by atoms with Gasteiger partial charge in [-0.05, 0) is 30.7 Å². The third kappa shape index (κ3) is 3.14. The molecule has 1 aromatic carbocycles. The van der Waals surface area contributed by atoms with Gasteiger partial charge in [0.05, 0.1) is 10.6 Å². The number of hydrogen-bond donors (Lipinski definition) is 0. The van der Waals surface area contributed by atoms with Crippen molar-refractivity contribution in [3.63, 3.8) is 0 Å². The summed E-state index contributed by atoms with van der Waals surface area (Å²) in [6, 6.07) is 11.4. The topological polar surface area (TPSA) is 73.1 Å². The van der Waals surface area contributed by atoms with Crippen molar-refractivity contribution in [2.75, 3.05) is 0 Å². The fourth-order valence-electron chi connectivity index (χ4n) is 1.77. The highest BCUT2D eigenvalue weighted by atomic mass is 16.6. The molecule has 0 radical (unpaired) electrons. The number of hydrogen-bond acceptors (Lipinski definition) is 4. The molecule has 2 rings (SSSR count). The molecule has 0 fully saturated rings. The van der Waals surface area contributed by atoms with Gasteiger partial charge in [-0.3, -0.25) is 19.9 Å². The van der Waals surface area contributed by atoms with Crippen LogP contribution in [0, 0.1) is 10.1 Å². The Morgan fingerprint density at radius 1 is 1.25 bits per heavy atom. The molecule has 20 heavy (non-hydrogen) atoms. The monoisotopic (exact) mass is 268 g/mol. The van der Waals surface area contributed by atoms with E-state index in [-0.39, 0.29) is 11.5 Å². The number of nitro groups is 1. The third-order valence-electron chi connectivity index (χ3n) is 2.71. The number of nitrogens with zero attached hydrogens (tertiary/aromatic N) is 2. The molecule has 0 aliphatic rings. The zero-order chi connectivity index (χ0) is 14.5. The first-order chi connectivity index (χ1) is 9.58. The molecule has 0 aliphatic carbocycles. The molecule has 0 saturated heterocycles. The highest BCUT2D eigenvalue weighted by Crippen LogP contribution is 2.20. The molecule has 0 bridgehead atoms. The first-order valence-electron chi connectivity index (χ1n) is 5.96. The summed E-state index contributed by atoms with van der Waals surface area (Å²) in [5, 5.41) is 10.7. The van der Waals surface area contributed by atoms with Crippen LogP contribution in [0.5, 0.6) is 0 Å². The number of benzene rings is 1. The van der Waals surface area contributed by atoms with Crippen LogP contribution in [0.4, 0.5) is 5.69 Å². The summed E-state index contributed by atoms with van der Waals surface area (Å²) >= 11 is 0. The number of carbonyl (C=O) groups is 1. The van der Waals surface area contributed by atoms with Crippen molar-refractivity contribution in [1.29, 1.82) is 0 Å². The highest BCUT2D eigenvalue weighted by molar-refractivity contribution is 6.23. The lowest BCUT2D eigenvalue weighted by molar-refractivity contribution is -0.384. The second kappa shape index (κ2) is 5.88. The van der Waals surface area contributed by atoms with Gasteiger partial charge in [-0.15, -0.1) is 0 Å². The fraction of sp³-hybridized carbons (Fsp3) is 0.0667. The summed E-state index contributed by atoms with van der Waals surface area (Å²) < 4.78 is 0. The Bertz CT molecular complexity index is 679. The van der Waals surface area contributed by atoms with Crippen LogP contribution in [-0.2, 0) is 4.79 Å². The van der Waals surface area contributed by atoms with Crippen LogP contribution in [0.2, 0.25) is 0 Å². The zero-order valence-electron chi connectivity index (χ0n) is 10.8. The molecule has 0 unspecified atom stereocenters. The molecule has 0 spiro atoms. The number of carbonyl (C=O) groups excluding carboxylic acids is 1. The van der Waals surface area contributed by atoms with Gasteiger partial charge in [0.25, 0.3) is 5.69 Å². The van der Waals surface area contributed by atoms with Gasteiger partial charge in [0.15, 0.2) is 5.78 Å². The summed E-state index contributed by atoms with van der Waals surface area (Å²) in [7, 11) is 0. The van der Waals surface area contributed by atoms with E-state index >= 15 is 0 Å². The number of allylic oxidation sites excluding steroid dienone is 1. The van der Waals surface area contributed by atoms with E-state index in [9.17, 15) is 14.9 Å². The van der Waals surface area contributed by atoms with Gasteiger partial charge in [0, 0.05) is 23.9 Å². The second-order valence-electron chi connectivity index (χ2n) is 4.18. The summed E-state index contributed by atoms with van der Waals surface area (Å²) in [4.78, 5) is 26.1. The zero-order valence-corrected chi connectivity index (χ0v) is 10.8. The van der Waals surface area contributed by atoms with E-state index < -0.39 is 4.92 Å². The van der Waals surface area contributed by atoms with Crippen LogP contribution >= 0.6 is 0 Å². The van der Waals surface area contributed by atoms with Gasteiger partial charge in [0.1, 0.15) is 0 Å². The molecule has 2 aromatic rings. The standard InChI is InChI=1S/C15H12N2O3/c1-11(18)14(15-7-2-3-8-16-15)10-12-5-4-6-13(9-12)17(19)20/h2-10H,1H3. The minimum Gasteiger partial charge on any atom is -0.294 e. The molecule has 0 amide bonds. The van der Waals surface area contributed by atoms with Crippen LogP contribution in [0.3, 0.4) is 0 Å². The SMILES string of the molecule is CC(=O)C(=Cc1cccc([N+](=O)[O-])c1)c1ccccn1. The van der Waals surface area contributed by atoms with Crippen molar-refractivity contribution < 1.29 is 9.72 Å². The number of non-ortho nitro benzene ring substituents is 1. The smallest absolute Gasteiger partial charge is 0.270 e. The number of ketones is 1. The molecule has 1 heterocycles. The average Bonchev–Trinajstić information content (AvgIpc) is 2.45. The number of Topliss-reactive ketones (excluding diaryl/α,β-unsaturated/α-hetero) is 1. The number of pyridine rings is 1. The lowest BCUT2D eigenvalue weighted by Gasteiger charge is -2.03. The predicted molar refractivity (Wildman–Crippen MR) is 75.9 cm³/mol. The third-order valence-corrected chi connectivity index (χ3v) is 2.71. The number of rotatable bonds is 4. The van der Waals surface area contributed by atoms with E-state index in [4.69, 9.17) is 0 Å². The molecular formula is C15H12N2O3. The summed E-state index contributed by atoms with van der Waals surface area (Å²) in [6.45, 7) is 1.44. The quantitative estimate of drug-likeness (QED) is 0.485. The molecule has 5 nitrogen and oxygen atoms in total. The number of nitro benzene ring substituents is 1. The molecule has 0 saturated carbocycles. The lowest BCUT2D eigenvalue weighted by Crippen LogP contribution is -1.98. The minimum absolute atomic E-state index is 0.0114. The maximum Gasteiger partial charge on any atom is 0.270 e. The Labute approximate surface area is 115 Å². The van der Waals surface area contributed by atoms with Gasteiger partial charge in [-0.2, -0.15) is 0 Å². The summed E-state index contributed by atoms with van der Waals surface area (Å²) in [6.07, 6.45) is 3.21. The average molecular weight is 268 g/mol. The van der Waals surface area contributed by atoms with Crippen molar-refractivity contribution >= 4 is 23.1 Å². The van der Waals surface area contributed by atoms with Crippen molar-refractivity contribution in [2.24, 2.45) is 0 Å². The Morgan fingerprint density at radius 3 is 2.65 bits per heavy atom. The van der Waals surface area contributed by atoms with Gasteiger partial charge in [-0.25, -0.2) is 0 Å². The van der Waals surface area contributed by atoms with Gasteiger partial charge >= 0.3 is 0 Å². The van der Waals surface area contributed by atoms with Crippen molar-refractivity contribution in [1.82, 2.24) is 4.98 Å². The fourth-order valence-corrected chi connectivity index (χ4v) is 1.77. The first kappa shape index (κ1) is 13.6. The maximum absolute atomic E-state index is 11.7. The first-order valence-corrected chi connectivity index (χ1v) is 5.96. The van der Waals surface area contributed by atoms with E-state index in [0.29, 0.717) is 16.8 Å². The summed E-state index contributed by atoms with van der Waals surface area (Å²) in [5.74, 6) is -0.143. The van der Waals surface area contributed by atoms with E-state index in [1.54, 1.807) is 42.6 Å². The lowest BCUT2D eigenvalue weighted by atomic mass is 10.0. The van der Waals surface area contributed by atoms with Gasteiger partial charge < -0.3 is 0 Å². The van der Waals surface area contributed by atoms with E-state index in [1.807, 2.05) is 0 Å². The molecule has 100 valence electrons. The molecule has 0 atom stereocenters. The van der Waals surface area contributed by atoms with Gasteiger partial charge in [-0.1, -0.05) is 18.2 Å². The maximum atomic E-state index is 11.7. The molecule has 0 aliphatic heterocycles. The second-order valence-corrected chi connectivity index (χ2v) is 4.18. The summed E-state index contributed by atoms with van der Waals surface area (Å²) in [5.41, 5.74) is 1.55. The number of aromatic nitrogens is 1. The highest BCUT2D eigenvalue weighted by Gasteiger charge is 2.10. The Kier molecular flexibility index (Phi) is 4.00. The molecule has 1 aromatic heterocycles. The Hall–Kier alpha value is -2.82. The normalized spacial score (nSPS) is 11.2. The van der Waals surface area contributed by atoms with Crippen molar-refractivity contribution in [3.8, 4) is 0 Å². The molecule has 5 heteroatoms. The van der Waals surface area contributed by atoms with E-state index in [2.05, 4.69) is 4.98 Å². The van der Waals surface area contributed by atoms with Crippen LogP contribution in [-0.4, -0.2) is 15.7 Å². The molecule has 0 N–H and O–H groups in total. The van der Waals surface area contributed by atoms with Crippen molar-refractivity contribution in [3.05, 3.63) is 70.0 Å². The Balaban J connectivity index is 2.47. The van der Waals surface area contributed by atoms with E-state index in [0.717, 1.165) is 0 Å².